The van der Waals surface area contributed by atoms with Gasteiger partial charge in [-0.15, -0.1) is 10.2 Å². The third-order valence-electron chi connectivity index (χ3n) is 4.36. The van der Waals surface area contributed by atoms with Gasteiger partial charge in [-0.25, -0.2) is 0 Å². The third kappa shape index (κ3) is 2.43. The summed E-state index contributed by atoms with van der Waals surface area (Å²) < 4.78 is 13.6. The Balaban J connectivity index is 1.45. The molecule has 1 aromatic heterocycles. The van der Waals surface area contributed by atoms with E-state index in [0.717, 1.165) is 54.6 Å². The second kappa shape index (κ2) is 5.61. The Morgan fingerprint density at radius 2 is 2.18 bits per heavy atom. The number of nitrogens with one attached hydrogen (secondary N) is 1. The number of ether oxygens (including phenoxy) is 2. The van der Waals surface area contributed by atoms with Crippen LogP contribution in [-0.4, -0.2) is 34.0 Å². The first-order valence-corrected chi connectivity index (χ1v) is 7.81. The molecule has 116 valence electrons. The van der Waals surface area contributed by atoms with Gasteiger partial charge < -0.3 is 19.4 Å². The molecule has 22 heavy (non-hydrogen) atoms. The highest BCUT2D eigenvalue weighted by Crippen LogP contribution is 2.33. The molecule has 3 heterocycles. The van der Waals surface area contributed by atoms with Crippen LogP contribution in [0.3, 0.4) is 0 Å². The van der Waals surface area contributed by atoms with Crippen molar-refractivity contribution >= 4 is 0 Å². The average molecular weight is 300 g/mol. The molecule has 0 saturated carbocycles. The monoisotopic (exact) mass is 300 g/mol. The molecule has 1 atom stereocenters. The van der Waals surface area contributed by atoms with E-state index in [-0.39, 0.29) is 0 Å². The maximum Gasteiger partial charge on any atom is 0.165 e. The van der Waals surface area contributed by atoms with Gasteiger partial charge in [0.05, 0.1) is 0 Å². The lowest BCUT2D eigenvalue weighted by Crippen LogP contribution is -2.37. The van der Waals surface area contributed by atoms with Crippen molar-refractivity contribution in [2.45, 2.75) is 38.9 Å². The lowest BCUT2D eigenvalue weighted by atomic mass is 10.1. The van der Waals surface area contributed by atoms with Gasteiger partial charge in [0.25, 0.3) is 0 Å². The SMILES string of the molecule is Cc1nnc2n1CC(NCc1cccc3c1OCCO3)CC2. The molecule has 0 aliphatic carbocycles. The van der Waals surface area contributed by atoms with Gasteiger partial charge in [-0.3, -0.25) is 0 Å². The molecule has 0 fully saturated rings. The first kappa shape index (κ1) is 13.6. The lowest BCUT2D eigenvalue weighted by Gasteiger charge is -2.26. The van der Waals surface area contributed by atoms with Crippen molar-refractivity contribution in [1.82, 2.24) is 20.1 Å². The minimum Gasteiger partial charge on any atom is -0.486 e. The Labute approximate surface area is 129 Å². The standard InChI is InChI=1S/C16H20N4O2/c1-11-18-19-15-6-5-13(10-20(11)15)17-9-12-3-2-4-14-16(12)22-8-7-21-14/h2-4,13,17H,5-10H2,1H3. The topological polar surface area (TPSA) is 61.2 Å². The molecule has 1 N–H and O–H groups in total. The average Bonchev–Trinajstić information content (AvgIpc) is 2.94. The molecule has 4 rings (SSSR count). The molecule has 0 bridgehead atoms. The quantitative estimate of drug-likeness (QED) is 0.930. The number of aromatic nitrogens is 3. The van der Waals surface area contributed by atoms with Gasteiger partial charge in [0.2, 0.25) is 0 Å². The fraction of sp³-hybridized carbons (Fsp3) is 0.500. The van der Waals surface area contributed by atoms with Crippen LogP contribution in [-0.2, 0) is 19.5 Å². The first-order chi connectivity index (χ1) is 10.8. The van der Waals surface area contributed by atoms with E-state index in [1.54, 1.807) is 0 Å². The van der Waals surface area contributed by atoms with Crippen LogP contribution >= 0.6 is 0 Å². The second-order valence-corrected chi connectivity index (χ2v) is 5.83. The molecule has 2 aromatic rings. The van der Waals surface area contributed by atoms with E-state index in [4.69, 9.17) is 9.47 Å². The second-order valence-electron chi connectivity index (χ2n) is 5.83. The number of hydrogen-bond donors (Lipinski definition) is 1. The predicted molar refractivity (Wildman–Crippen MR) is 81.1 cm³/mol. The largest absolute Gasteiger partial charge is 0.486 e. The van der Waals surface area contributed by atoms with Gasteiger partial charge in [0.1, 0.15) is 24.9 Å². The third-order valence-corrected chi connectivity index (χ3v) is 4.36. The van der Waals surface area contributed by atoms with Crippen LogP contribution in [0.4, 0.5) is 0 Å². The number of nitrogens with zero attached hydrogens (tertiary/aromatic N) is 3. The lowest BCUT2D eigenvalue weighted by molar-refractivity contribution is 0.169. The summed E-state index contributed by atoms with van der Waals surface area (Å²) in [6.07, 6.45) is 2.07. The summed E-state index contributed by atoms with van der Waals surface area (Å²) in [6.45, 7) is 4.98. The summed E-state index contributed by atoms with van der Waals surface area (Å²) in [5.41, 5.74) is 1.16. The Kier molecular flexibility index (Phi) is 3.46. The highest BCUT2D eigenvalue weighted by atomic mass is 16.6. The molecule has 6 heteroatoms. The van der Waals surface area contributed by atoms with E-state index in [9.17, 15) is 0 Å². The van der Waals surface area contributed by atoms with Crippen molar-refractivity contribution in [3.8, 4) is 11.5 Å². The van der Waals surface area contributed by atoms with Crippen LogP contribution in [0.2, 0.25) is 0 Å². The van der Waals surface area contributed by atoms with Crippen LogP contribution in [0, 0.1) is 6.92 Å². The summed E-state index contributed by atoms with van der Waals surface area (Å²) in [5, 5.41) is 12.0. The summed E-state index contributed by atoms with van der Waals surface area (Å²) in [7, 11) is 0. The first-order valence-electron chi connectivity index (χ1n) is 7.81. The molecule has 0 radical (unpaired) electrons. The van der Waals surface area contributed by atoms with Crippen LogP contribution in [0.1, 0.15) is 23.6 Å². The van der Waals surface area contributed by atoms with E-state index in [0.29, 0.717) is 19.3 Å². The van der Waals surface area contributed by atoms with Gasteiger partial charge >= 0.3 is 0 Å². The minimum absolute atomic E-state index is 0.433. The van der Waals surface area contributed by atoms with E-state index >= 15 is 0 Å². The molecule has 0 amide bonds. The normalized spacial score (nSPS) is 19.8. The van der Waals surface area contributed by atoms with Crippen LogP contribution in [0.5, 0.6) is 11.5 Å². The maximum absolute atomic E-state index is 5.77. The molecular formula is C16H20N4O2. The van der Waals surface area contributed by atoms with Gasteiger partial charge in [0.15, 0.2) is 11.5 Å². The van der Waals surface area contributed by atoms with Crippen LogP contribution in [0.15, 0.2) is 18.2 Å². The highest BCUT2D eigenvalue weighted by Gasteiger charge is 2.22. The minimum atomic E-state index is 0.433. The van der Waals surface area contributed by atoms with Gasteiger partial charge in [-0.2, -0.15) is 0 Å². The van der Waals surface area contributed by atoms with E-state index < -0.39 is 0 Å². The Morgan fingerprint density at radius 1 is 1.27 bits per heavy atom. The predicted octanol–water partition coefficient (Wildman–Crippen LogP) is 1.46. The van der Waals surface area contributed by atoms with Gasteiger partial charge in [-0.05, 0) is 19.4 Å². The zero-order chi connectivity index (χ0) is 14.9. The Morgan fingerprint density at radius 3 is 3.14 bits per heavy atom. The molecule has 0 spiro atoms. The molecule has 1 aromatic carbocycles. The van der Waals surface area contributed by atoms with Crippen molar-refractivity contribution in [2.75, 3.05) is 13.2 Å². The van der Waals surface area contributed by atoms with Gasteiger partial charge in [0, 0.05) is 31.1 Å². The molecule has 6 nitrogen and oxygen atoms in total. The van der Waals surface area contributed by atoms with Crippen molar-refractivity contribution in [3.63, 3.8) is 0 Å². The number of fused-ring (bicyclic) bond motifs is 2. The summed E-state index contributed by atoms with van der Waals surface area (Å²) in [4.78, 5) is 0. The number of rotatable bonds is 3. The highest BCUT2D eigenvalue weighted by molar-refractivity contribution is 5.47. The number of para-hydroxylation sites is 1. The fourth-order valence-electron chi connectivity index (χ4n) is 3.16. The molecule has 2 aliphatic heterocycles. The van der Waals surface area contributed by atoms with E-state index in [1.165, 1.54) is 0 Å². The number of hydrogen-bond acceptors (Lipinski definition) is 5. The molecule has 0 saturated heterocycles. The van der Waals surface area contributed by atoms with Crippen LogP contribution < -0.4 is 14.8 Å². The summed E-state index contributed by atoms with van der Waals surface area (Å²) in [5.74, 6) is 3.84. The Hall–Kier alpha value is -2.08. The smallest absolute Gasteiger partial charge is 0.165 e. The fourth-order valence-corrected chi connectivity index (χ4v) is 3.16. The van der Waals surface area contributed by atoms with Crippen molar-refractivity contribution in [3.05, 3.63) is 35.4 Å². The maximum atomic E-state index is 5.77. The van der Waals surface area contributed by atoms with Crippen molar-refractivity contribution in [2.24, 2.45) is 0 Å². The zero-order valence-corrected chi connectivity index (χ0v) is 12.7. The van der Waals surface area contributed by atoms with E-state index in [1.807, 2.05) is 19.1 Å². The molecular weight excluding hydrogens is 280 g/mol. The zero-order valence-electron chi connectivity index (χ0n) is 12.7. The van der Waals surface area contributed by atoms with Gasteiger partial charge in [-0.1, -0.05) is 12.1 Å². The number of benzene rings is 1. The van der Waals surface area contributed by atoms with Crippen molar-refractivity contribution in [1.29, 1.82) is 0 Å². The van der Waals surface area contributed by atoms with Crippen LogP contribution in [0.25, 0.3) is 0 Å². The summed E-state index contributed by atoms with van der Waals surface area (Å²) >= 11 is 0. The molecule has 2 aliphatic rings. The van der Waals surface area contributed by atoms with Crippen molar-refractivity contribution < 1.29 is 9.47 Å². The Bertz CT molecular complexity index is 683. The number of aryl methyl sites for hydroxylation is 2. The summed E-state index contributed by atoms with van der Waals surface area (Å²) in [6, 6.07) is 6.51. The molecule has 1 unspecified atom stereocenters. The van der Waals surface area contributed by atoms with E-state index in [2.05, 4.69) is 26.1 Å².